The number of morpholine rings is 1. The highest BCUT2D eigenvalue weighted by molar-refractivity contribution is 5.79. The molecule has 0 aliphatic carbocycles. The fraction of sp³-hybridized carbons (Fsp3) is 0.500. The van der Waals surface area contributed by atoms with Crippen molar-refractivity contribution in [2.75, 3.05) is 59.0 Å². The minimum Gasteiger partial charge on any atom is -0.441 e. The molecule has 8 nitrogen and oxygen atoms in total. The van der Waals surface area contributed by atoms with Crippen molar-refractivity contribution in [2.45, 2.75) is 12.8 Å². The lowest BCUT2D eigenvalue weighted by atomic mass is 10.2. The van der Waals surface area contributed by atoms with Crippen molar-refractivity contribution < 1.29 is 23.1 Å². The van der Waals surface area contributed by atoms with Gasteiger partial charge in [0.2, 0.25) is 11.8 Å². The number of carbonyl (C=O) groups is 2. The van der Waals surface area contributed by atoms with E-state index in [1.54, 1.807) is 23.1 Å². The molecule has 9 heteroatoms. The predicted octanol–water partition coefficient (Wildman–Crippen LogP) is 1.42. The van der Waals surface area contributed by atoms with Gasteiger partial charge in [0, 0.05) is 52.1 Å². The van der Waals surface area contributed by atoms with Crippen LogP contribution in [0.4, 0.5) is 4.39 Å². The quantitative estimate of drug-likeness (QED) is 0.690. The molecule has 2 amide bonds. The molecule has 3 heterocycles. The number of amides is 2. The topological polar surface area (TPSA) is 79.1 Å². The normalized spacial score (nSPS) is 17.7. The molecule has 4 rings (SSSR count). The Hall–Kier alpha value is -2.78. The van der Waals surface area contributed by atoms with E-state index in [9.17, 15) is 14.0 Å². The van der Waals surface area contributed by atoms with Crippen molar-refractivity contribution >= 4 is 11.8 Å². The van der Waals surface area contributed by atoms with Crippen molar-refractivity contribution in [2.24, 2.45) is 0 Å². The minimum atomic E-state index is -0.373. The molecule has 1 aromatic heterocycles. The number of aromatic nitrogens is 1. The zero-order valence-corrected chi connectivity index (χ0v) is 17.5. The fourth-order valence-corrected chi connectivity index (χ4v) is 3.84. The Labute approximate surface area is 180 Å². The summed E-state index contributed by atoms with van der Waals surface area (Å²) in [5, 5.41) is 0. The Morgan fingerprint density at radius 3 is 2.35 bits per heavy atom. The molecule has 0 spiro atoms. The molecule has 2 aliphatic heterocycles. The van der Waals surface area contributed by atoms with Crippen LogP contribution in [0.5, 0.6) is 0 Å². The molecule has 0 saturated carbocycles. The van der Waals surface area contributed by atoms with E-state index in [1.165, 1.54) is 12.3 Å². The van der Waals surface area contributed by atoms with Crippen molar-refractivity contribution in [3.63, 3.8) is 0 Å². The lowest BCUT2D eigenvalue weighted by Gasteiger charge is -2.36. The van der Waals surface area contributed by atoms with Gasteiger partial charge in [-0.15, -0.1) is 0 Å². The second-order valence-corrected chi connectivity index (χ2v) is 7.75. The molecular weight excluding hydrogens is 403 g/mol. The number of aryl methyl sites for hydroxylation is 1. The van der Waals surface area contributed by atoms with Gasteiger partial charge in [0.15, 0.2) is 11.7 Å². The number of halogens is 1. The third-order valence-corrected chi connectivity index (χ3v) is 5.69. The maximum atomic E-state index is 13.9. The number of rotatable bonds is 6. The maximum absolute atomic E-state index is 13.9. The first-order valence-corrected chi connectivity index (χ1v) is 10.7. The molecule has 0 bridgehead atoms. The average Bonchev–Trinajstić information content (AvgIpc) is 3.27. The second kappa shape index (κ2) is 10.0. The van der Waals surface area contributed by atoms with Gasteiger partial charge in [-0.1, -0.05) is 12.1 Å². The van der Waals surface area contributed by atoms with Gasteiger partial charge in [-0.2, -0.15) is 0 Å². The summed E-state index contributed by atoms with van der Waals surface area (Å²) in [4.78, 5) is 34.9. The molecule has 1 aromatic carbocycles. The van der Waals surface area contributed by atoms with Crippen LogP contribution in [-0.4, -0.2) is 90.5 Å². The minimum absolute atomic E-state index is 0.00548. The molecule has 31 heavy (non-hydrogen) atoms. The Morgan fingerprint density at radius 1 is 0.968 bits per heavy atom. The van der Waals surface area contributed by atoms with Crippen LogP contribution in [0.2, 0.25) is 0 Å². The molecular formula is C22H27FN4O4. The highest BCUT2D eigenvalue weighted by Gasteiger charge is 2.25. The summed E-state index contributed by atoms with van der Waals surface area (Å²) < 4.78 is 24.8. The van der Waals surface area contributed by atoms with Crippen molar-refractivity contribution in [3.8, 4) is 11.3 Å². The van der Waals surface area contributed by atoms with Gasteiger partial charge in [-0.3, -0.25) is 14.5 Å². The van der Waals surface area contributed by atoms with Crippen molar-refractivity contribution in [1.29, 1.82) is 0 Å². The van der Waals surface area contributed by atoms with Crippen molar-refractivity contribution in [1.82, 2.24) is 19.7 Å². The van der Waals surface area contributed by atoms with Crippen LogP contribution in [0.1, 0.15) is 12.3 Å². The maximum Gasteiger partial charge on any atom is 0.236 e. The number of carbonyl (C=O) groups excluding carboxylic acids is 2. The smallest absolute Gasteiger partial charge is 0.236 e. The van der Waals surface area contributed by atoms with Crippen LogP contribution in [0.15, 0.2) is 34.9 Å². The van der Waals surface area contributed by atoms with Gasteiger partial charge in [0.25, 0.3) is 0 Å². The Morgan fingerprint density at radius 2 is 1.65 bits per heavy atom. The van der Waals surface area contributed by atoms with Crippen LogP contribution in [-0.2, 0) is 20.7 Å². The molecule has 0 radical (unpaired) electrons. The molecule has 2 fully saturated rings. The van der Waals surface area contributed by atoms with Gasteiger partial charge < -0.3 is 19.0 Å². The Balaban J connectivity index is 1.22. The molecule has 0 atom stereocenters. The predicted molar refractivity (Wildman–Crippen MR) is 111 cm³/mol. The Kier molecular flexibility index (Phi) is 6.93. The van der Waals surface area contributed by atoms with Crippen LogP contribution < -0.4 is 0 Å². The van der Waals surface area contributed by atoms with E-state index >= 15 is 0 Å². The molecule has 2 aromatic rings. The number of hydrogen-bond acceptors (Lipinski definition) is 6. The third kappa shape index (κ3) is 5.48. The summed E-state index contributed by atoms with van der Waals surface area (Å²) >= 11 is 0. The van der Waals surface area contributed by atoms with E-state index < -0.39 is 0 Å². The first-order valence-electron chi connectivity index (χ1n) is 10.7. The largest absolute Gasteiger partial charge is 0.441 e. The van der Waals surface area contributed by atoms with Gasteiger partial charge in [-0.05, 0) is 12.1 Å². The number of piperazine rings is 1. The van der Waals surface area contributed by atoms with E-state index in [2.05, 4.69) is 9.88 Å². The van der Waals surface area contributed by atoms with Crippen molar-refractivity contribution in [3.05, 3.63) is 42.2 Å². The number of nitrogens with zero attached hydrogens (tertiary/aromatic N) is 4. The summed E-state index contributed by atoms with van der Waals surface area (Å²) in [5.74, 6) is 0.501. The van der Waals surface area contributed by atoms with E-state index in [1.807, 2.05) is 4.90 Å². The average molecular weight is 430 g/mol. The summed E-state index contributed by atoms with van der Waals surface area (Å²) in [7, 11) is 0. The second-order valence-electron chi connectivity index (χ2n) is 7.75. The van der Waals surface area contributed by atoms with E-state index in [-0.39, 0.29) is 24.1 Å². The molecule has 0 unspecified atom stereocenters. The van der Waals surface area contributed by atoms with Crippen LogP contribution in [0.25, 0.3) is 11.3 Å². The number of hydrogen-bond donors (Lipinski definition) is 0. The van der Waals surface area contributed by atoms with Gasteiger partial charge >= 0.3 is 0 Å². The summed E-state index contributed by atoms with van der Waals surface area (Å²) in [6.45, 7) is 5.46. The molecule has 2 aliphatic rings. The number of oxazole rings is 1. The summed E-state index contributed by atoms with van der Waals surface area (Å²) in [6.07, 6.45) is 2.10. The molecule has 0 N–H and O–H groups in total. The SMILES string of the molecule is O=C(CCc1ncc(-c2ccccc2F)o1)N1CCN(C(=O)CN2CCOCC2)CC1. The number of benzene rings is 1. The van der Waals surface area contributed by atoms with Crippen LogP contribution >= 0.6 is 0 Å². The van der Waals surface area contributed by atoms with E-state index in [0.717, 1.165) is 13.1 Å². The molecule has 166 valence electrons. The highest BCUT2D eigenvalue weighted by atomic mass is 19.1. The van der Waals surface area contributed by atoms with Gasteiger partial charge in [0.05, 0.1) is 31.5 Å². The van der Waals surface area contributed by atoms with E-state index in [0.29, 0.717) is 69.6 Å². The van der Waals surface area contributed by atoms with E-state index in [4.69, 9.17) is 9.15 Å². The fourth-order valence-electron chi connectivity index (χ4n) is 3.84. The monoisotopic (exact) mass is 430 g/mol. The first-order chi connectivity index (χ1) is 15.1. The standard InChI is InChI=1S/C22H27FN4O4/c23-18-4-2-1-3-17(18)19-15-24-20(31-19)5-6-21(28)26-7-9-27(10-8-26)22(29)16-25-11-13-30-14-12-25/h1-4,15H,5-14,16H2. The molecule has 2 saturated heterocycles. The number of ether oxygens (including phenoxy) is 1. The van der Waals surface area contributed by atoms with Crippen LogP contribution in [0, 0.1) is 5.82 Å². The first kappa shape index (κ1) is 21.5. The Bertz CT molecular complexity index is 904. The lowest BCUT2D eigenvalue weighted by molar-refractivity contribution is -0.140. The van der Waals surface area contributed by atoms with Gasteiger partial charge in [0.1, 0.15) is 5.82 Å². The third-order valence-electron chi connectivity index (χ3n) is 5.69. The zero-order valence-electron chi connectivity index (χ0n) is 17.5. The van der Waals surface area contributed by atoms with Crippen LogP contribution in [0.3, 0.4) is 0 Å². The van der Waals surface area contributed by atoms with Gasteiger partial charge in [-0.25, -0.2) is 9.37 Å². The summed E-state index contributed by atoms with van der Waals surface area (Å²) in [6, 6.07) is 6.34. The summed E-state index contributed by atoms with van der Waals surface area (Å²) in [5.41, 5.74) is 0.352. The lowest BCUT2D eigenvalue weighted by Crippen LogP contribution is -2.53. The highest BCUT2D eigenvalue weighted by Crippen LogP contribution is 2.23. The zero-order chi connectivity index (χ0) is 21.6.